The van der Waals surface area contributed by atoms with Crippen molar-refractivity contribution < 1.29 is 32.3 Å². The van der Waals surface area contributed by atoms with E-state index in [0.29, 0.717) is 11.3 Å². The molecule has 0 spiro atoms. The fourth-order valence-corrected chi connectivity index (χ4v) is 3.59. The second-order valence-electron chi connectivity index (χ2n) is 4.35. The van der Waals surface area contributed by atoms with Gasteiger partial charge in [0.2, 0.25) is 0 Å². The van der Waals surface area contributed by atoms with E-state index in [9.17, 15) is 9.36 Å². The van der Waals surface area contributed by atoms with E-state index in [-0.39, 0.29) is 31.7 Å². The van der Waals surface area contributed by atoms with Crippen molar-refractivity contribution in [3.05, 3.63) is 29.7 Å². The Balaban J connectivity index is 3.29. The number of furan rings is 1. The maximum absolute atomic E-state index is 13.0. The normalized spacial score (nSPS) is 12.4. The lowest BCUT2D eigenvalue weighted by molar-refractivity contribution is -0.137. The molecule has 1 aromatic heterocycles. The number of hydrogen-bond donors (Lipinski definition) is 0. The molecule has 1 heterocycles. The Morgan fingerprint density at radius 1 is 1.22 bits per heavy atom. The van der Waals surface area contributed by atoms with Crippen LogP contribution in [0.25, 0.3) is 5.31 Å². The number of carbonyl (C=O) groups is 1. The first-order valence-corrected chi connectivity index (χ1v) is 8.89. The molecule has 0 aliphatic rings. The highest BCUT2D eigenvalue weighted by molar-refractivity contribution is 7.65. The van der Waals surface area contributed by atoms with Gasteiger partial charge in [-0.25, -0.2) is 4.79 Å². The van der Waals surface area contributed by atoms with Gasteiger partial charge in [-0.1, -0.05) is 0 Å². The summed E-state index contributed by atoms with van der Waals surface area (Å²) in [5.74, 6) is -0.103. The average Bonchev–Trinajstić information content (AvgIpc) is 2.94. The van der Waals surface area contributed by atoms with Gasteiger partial charge in [0, 0.05) is 18.7 Å². The van der Waals surface area contributed by atoms with E-state index in [2.05, 4.69) is 0 Å². The fraction of sp³-hybridized carbons (Fsp3) is 0.533. The molecule has 23 heavy (non-hydrogen) atoms. The van der Waals surface area contributed by atoms with E-state index in [0.717, 1.165) is 6.08 Å². The van der Waals surface area contributed by atoms with Crippen LogP contribution in [-0.2, 0) is 34.5 Å². The Morgan fingerprint density at radius 2 is 1.87 bits per heavy atom. The Kier molecular flexibility index (Phi) is 8.26. The fourth-order valence-electron chi connectivity index (χ4n) is 1.87. The predicted octanol–water partition coefficient (Wildman–Crippen LogP) is 3.60. The third kappa shape index (κ3) is 5.62. The molecule has 0 saturated carbocycles. The molecule has 0 aliphatic carbocycles. The van der Waals surface area contributed by atoms with E-state index < -0.39 is 13.6 Å². The number of esters is 1. The van der Waals surface area contributed by atoms with Crippen LogP contribution in [0, 0.1) is 0 Å². The Morgan fingerprint density at radius 3 is 2.39 bits per heavy atom. The predicted molar refractivity (Wildman–Crippen MR) is 84.9 cm³/mol. The Hall–Kier alpha value is -1.40. The maximum atomic E-state index is 13.0. The molecule has 0 aromatic carbocycles. The molecular weight excluding hydrogens is 323 g/mol. The summed E-state index contributed by atoms with van der Waals surface area (Å²) in [5, 5.41) is 0.103. The lowest BCUT2D eigenvalue weighted by Crippen LogP contribution is -2.04. The van der Waals surface area contributed by atoms with Crippen molar-refractivity contribution in [2.45, 2.75) is 27.4 Å². The zero-order valence-corrected chi connectivity index (χ0v) is 14.8. The highest BCUT2D eigenvalue weighted by Gasteiger charge is 2.33. The van der Waals surface area contributed by atoms with Crippen LogP contribution in [0.1, 0.15) is 32.1 Å². The first-order valence-electron chi connectivity index (χ1n) is 7.35. The van der Waals surface area contributed by atoms with Crippen LogP contribution < -0.4 is 0 Å². The van der Waals surface area contributed by atoms with Crippen LogP contribution >= 0.6 is 7.60 Å². The van der Waals surface area contributed by atoms with Crippen LogP contribution in [0.15, 0.2) is 22.8 Å². The molecule has 130 valence electrons. The average molecular weight is 346 g/mol. The van der Waals surface area contributed by atoms with E-state index in [4.69, 9.17) is 22.9 Å². The molecule has 0 N–H and O–H groups in total. The number of carbonyl (C=O) groups excluding carboxylic acids is 1. The smallest absolute Gasteiger partial charge is 0.362 e. The highest BCUT2D eigenvalue weighted by atomic mass is 31.2. The van der Waals surface area contributed by atoms with Crippen molar-refractivity contribution in [3.63, 3.8) is 0 Å². The second-order valence-corrected chi connectivity index (χ2v) is 6.34. The summed E-state index contributed by atoms with van der Waals surface area (Å²) < 4.78 is 38.9. The minimum Gasteiger partial charge on any atom is -0.466 e. The third-order valence-corrected chi connectivity index (χ3v) is 4.84. The van der Waals surface area contributed by atoms with E-state index in [1.165, 1.54) is 13.4 Å². The maximum Gasteiger partial charge on any atom is 0.362 e. The van der Waals surface area contributed by atoms with Crippen LogP contribution in [-0.4, -0.2) is 32.9 Å². The molecule has 0 bridgehead atoms. The lowest BCUT2D eigenvalue weighted by Gasteiger charge is -2.19. The summed E-state index contributed by atoms with van der Waals surface area (Å²) in [6.07, 6.45) is 2.50. The summed E-state index contributed by atoms with van der Waals surface area (Å²) in [5.41, 5.74) is 0.426. The molecule has 7 nitrogen and oxygen atoms in total. The molecule has 8 heteroatoms. The van der Waals surface area contributed by atoms with Crippen molar-refractivity contribution in [3.8, 4) is 0 Å². The molecule has 0 aliphatic heterocycles. The zero-order valence-electron chi connectivity index (χ0n) is 13.9. The molecule has 0 atom stereocenters. The monoisotopic (exact) mass is 346 g/mol. The van der Waals surface area contributed by atoms with Gasteiger partial charge in [-0.2, -0.15) is 0 Å². The van der Waals surface area contributed by atoms with Crippen LogP contribution in [0.4, 0.5) is 0 Å². The topological polar surface area (TPSA) is 84.2 Å². The molecule has 0 saturated heterocycles. The summed E-state index contributed by atoms with van der Waals surface area (Å²) in [6, 6.07) is 1.62. The number of rotatable bonds is 10. The van der Waals surface area contributed by atoms with Crippen LogP contribution in [0.5, 0.6) is 0 Å². The molecule has 0 fully saturated rings. The van der Waals surface area contributed by atoms with Gasteiger partial charge in [0.05, 0.1) is 31.4 Å². The Bertz CT molecular complexity index is 566. The van der Waals surface area contributed by atoms with Gasteiger partial charge in [-0.05, 0) is 26.8 Å². The lowest BCUT2D eigenvalue weighted by atomic mass is 10.3. The van der Waals surface area contributed by atoms with Gasteiger partial charge in [0.15, 0.2) is 0 Å². The summed E-state index contributed by atoms with van der Waals surface area (Å²) >= 11 is 0. The van der Waals surface area contributed by atoms with Gasteiger partial charge in [-0.15, -0.1) is 0 Å². The minimum atomic E-state index is -3.68. The van der Waals surface area contributed by atoms with E-state index in [1.807, 2.05) is 0 Å². The second kappa shape index (κ2) is 9.67. The van der Waals surface area contributed by atoms with E-state index in [1.54, 1.807) is 26.8 Å². The van der Waals surface area contributed by atoms with E-state index >= 15 is 0 Å². The molecule has 0 amide bonds. The summed E-state index contributed by atoms with van der Waals surface area (Å²) in [4.78, 5) is 11.8. The molecule has 0 unspecified atom stereocenters. The van der Waals surface area contributed by atoms with Crippen molar-refractivity contribution in [1.82, 2.24) is 0 Å². The van der Waals surface area contributed by atoms with Crippen molar-refractivity contribution in [2.75, 3.05) is 26.9 Å². The number of methoxy groups -OCH3 is 1. The third-order valence-electron chi connectivity index (χ3n) is 2.67. The first kappa shape index (κ1) is 19.6. The van der Waals surface area contributed by atoms with Crippen molar-refractivity contribution in [2.24, 2.45) is 0 Å². The molecular formula is C15H23O7P. The largest absolute Gasteiger partial charge is 0.466 e. The van der Waals surface area contributed by atoms with Gasteiger partial charge >= 0.3 is 13.6 Å². The Labute approximate surface area is 136 Å². The van der Waals surface area contributed by atoms with Gasteiger partial charge in [0.1, 0.15) is 12.4 Å². The summed E-state index contributed by atoms with van der Waals surface area (Å²) in [7, 11) is -2.14. The van der Waals surface area contributed by atoms with Crippen molar-refractivity contribution in [1.29, 1.82) is 0 Å². The highest BCUT2D eigenvalue weighted by Crippen LogP contribution is 2.60. The quantitative estimate of drug-likeness (QED) is 0.363. The standard InChI is InChI=1S/C15H23O7P/c1-5-19-15(16)9-14(23(17,21-6-2)22-7-3)12-8-13(11-18-4)20-10-12/h8-10H,5-7,11H2,1-4H3. The summed E-state index contributed by atoms with van der Waals surface area (Å²) in [6.45, 7) is 5.86. The van der Waals surface area contributed by atoms with Crippen LogP contribution in [0.2, 0.25) is 0 Å². The zero-order chi connectivity index (χ0) is 17.3. The SMILES string of the molecule is CCOC(=O)C=C(c1coc(COC)c1)P(=O)(OCC)OCC. The van der Waals surface area contributed by atoms with Crippen LogP contribution in [0.3, 0.4) is 0 Å². The number of ether oxygens (including phenoxy) is 2. The first-order chi connectivity index (χ1) is 11.0. The molecule has 1 rings (SSSR count). The minimum absolute atomic E-state index is 0.103. The molecule has 1 aromatic rings. The van der Waals surface area contributed by atoms with Crippen molar-refractivity contribution >= 4 is 18.9 Å². The molecule has 0 radical (unpaired) electrons. The number of hydrogen-bond acceptors (Lipinski definition) is 7. The van der Waals surface area contributed by atoms with Gasteiger partial charge < -0.3 is 22.9 Å². The van der Waals surface area contributed by atoms with Gasteiger partial charge in [0.25, 0.3) is 0 Å². The van der Waals surface area contributed by atoms with Gasteiger partial charge in [-0.3, -0.25) is 4.57 Å².